The number of furan rings is 1. The zero-order valence-electron chi connectivity index (χ0n) is 12.5. The van der Waals surface area contributed by atoms with Crippen LogP contribution in [0.2, 0.25) is 0 Å². The van der Waals surface area contributed by atoms with Gasteiger partial charge in [0, 0.05) is 12.6 Å². The second-order valence-corrected chi connectivity index (χ2v) is 8.11. The molecule has 2 saturated carbocycles. The van der Waals surface area contributed by atoms with Crippen LogP contribution in [0.4, 0.5) is 0 Å². The van der Waals surface area contributed by atoms with Gasteiger partial charge in [-0.3, -0.25) is 0 Å². The van der Waals surface area contributed by atoms with Crippen LogP contribution in [-0.2, 0) is 16.6 Å². The Morgan fingerprint density at radius 2 is 2.10 bits per heavy atom. The van der Waals surface area contributed by atoms with Crippen molar-refractivity contribution in [3.05, 3.63) is 17.9 Å². The first kappa shape index (κ1) is 15.1. The highest BCUT2D eigenvalue weighted by Crippen LogP contribution is 2.43. The van der Waals surface area contributed by atoms with Crippen LogP contribution in [-0.4, -0.2) is 21.0 Å². The predicted molar refractivity (Wildman–Crippen MR) is 80.3 cm³/mol. The van der Waals surface area contributed by atoms with E-state index in [4.69, 9.17) is 4.42 Å². The predicted octanol–water partition coefficient (Wildman–Crippen LogP) is 2.39. The van der Waals surface area contributed by atoms with E-state index in [0.29, 0.717) is 24.9 Å². The van der Waals surface area contributed by atoms with E-state index in [1.165, 1.54) is 19.3 Å². The van der Waals surface area contributed by atoms with Crippen molar-refractivity contribution in [3.8, 4) is 0 Å². The molecule has 0 bridgehead atoms. The lowest BCUT2D eigenvalue weighted by Gasteiger charge is -2.41. The molecule has 6 heteroatoms. The van der Waals surface area contributed by atoms with Gasteiger partial charge in [-0.15, -0.1) is 0 Å². The van der Waals surface area contributed by atoms with Crippen LogP contribution < -0.4 is 10.0 Å². The van der Waals surface area contributed by atoms with E-state index in [2.05, 4.69) is 17.0 Å². The Balaban J connectivity index is 1.58. The average Bonchev–Trinajstić information content (AvgIpc) is 3.12. The third kappa shape index (κ3) is 3.49. The molecule has 2 aliphatic carbocycles. The fourth-order valence-electron chi connectivity index (χ4n) is 2.78. The molecule has 2 aliphatic rings. The summed E-state index contributed by atoms with van der Waals surface area (Å²) < 4.78 is 32.7. The second-order valence-electron chi connectivity index (χ2n) is 6.41. The van der Waals surface area contributed by atoms with E-state index < -0.39 is 10.0 Å². The normalized spacial score (nSPS) is 21.2. The van der Waals surface area contributed by atoms with Crippen molar-refractivity contribution in [2.24, 2.45) is 5.41 Å². The highest BCUT2D eigenvalue weighted by atomic mass is 32.2. The number of hydrogen-bond donors (Lipinski definition) is 2. The van der Waals surface area contributed by atoms with Crippen LogP contribution in [0.5, 0.6) is 0 Å². The van der Waals surface area contributed by atoms with E-state index in [-0.39, 0.29) is 10.5 Å². The van der Waals surface area contributed by atoms with Gasteiger partial charge in [0.1, 0.15) is 5.76 Å². The minimum absolute atomic E-state index is 0.0284. The van der Waals surface area contributed by atoms with Crippen LogP contribution >= 0.6 is 0 Å². The summed E-state index contributed by atoms with van der Waals surface area (Å²) in [5, 5.41) is 3.34. The maximum absolute atomic E-state index is 12.3. The van der Waals surface area contributed by atoms with Gasteiger partial charge in [-0.2, -0.15) is 0 Å². The standard InChI is InChI=1S/C15H24N2O3S/c1-2-15(8-3-9-15)11-17-21(18,19)14-7-6-13(20-14)10-16-12-4-5-12/h6-7,12,16-17H,2-5,8-11H2,1H3. The maximum Gasteiger partial charge on any atom is 0.273 e. The zero-order valence-corrected chi connectivity index (χ0v) is 13.3. The lowest BCUT2D eigenvalue weighted by molar-refractivity contribution is 0.132. The highest BCUT2D eigenvalue weighted by molar-refractivity contribution is 7.89. The molecule has 1 aromatic heterocycles. The van der Waals surface area contributed by atoms with Gasteiger partial charge in [0.05, 0.1) is 6.54 Å². The van der Waals surface area contributed by atoms with Crippen molar-refractivity contribution in [3.63, 3.8) is 0 Å². The van der Waals surface area contributed by atoms with Gasteiger partial charge in [-0.25, -0.2) is 13.1 Å². The topological polar surface area (TPSA) is 71.3 Å². The molecule has 5 nitrogen and oxygen atoms in total. The summed E-state index contributed by atoms with van der Waals surface area (Å²) >= 11 is 0. The first-order valence-corrected chi connectivity index (χ1v) is 9.33. The maximum atomic E-state index is 12.3. The van der Waals surface area contributed by atoms with Crippen molar-refractivity contribution < 1.29 is 12.8 Å². The average molecular weight is 312 g/mol. The van der Waals surface area contributed by atoms with Gasteiger partial charge < -0.3 is 9.73 Å². The molecule has 118 valence electrons. The minimum atomic E-state index is -3.53. The molecule has 0 amide bonds. The number of rotatable bonds is 8. The summed E-state index contributed by atoms with van der Waals surface area (Å²) in [6, 6.07) is 3.87. The summed E-state index contributed by atoms with van der Waals surface area (Å²) in [7, 11) is -3.53. The van der Waals surface area contributed by atoms with Crippen LogP contribution in [0, 0.1) is 5.41 Å². The first-order valence-electron chi connectivity index (χ1n) is 7.85. The molecule has 1 heterocycles. The summed E-state index contributed by atoms with van der Waals surface area (Å²) in [5.41, 5.74) is 0.163. The van der Waals surface area contributed by atoms with Gasteiger partial charge in [-0.1, -0.05) is 13.3 Å². The van der Waals surface area contributed by atoms with Crippen molar-refractivity contribution >= 4 is 10.0 Å². The van der Waals surface area contributed by atoms with E-state index in [1.807, 2.05) is 0 Å². The largest absolute Gasteiger partial charge is 0.447 e. The van der Waals surface area contributed by atoms with Crippen molar-refractivity contribution in [1.29, 1.82) is 0 Å². The van der Waals surface area contributed by atoms with E-state index >= 15 is 0 Å². The minimum Gasteiger partial charge on any atom is -0.447 e. The van der Waals surface area contributed by atoms with Gasteiger partial charge >= 0.3 is 0 Å². The number of sulfonamides is 1. The van der Waals surface area contributed by atoms with E-state index in [1.54, 1.807) is 12.1 Å². The quantitative estimate of drug-likeness (QED) is 0.773. The van der Waals surface area contributed by atoms with Crippen LogP contribution in [0.3, 0.4) is 0 Å². The Labute approximate surface area is 126 Å². The lowest BCUT2D eigenvalue weighted by Crippen LogP contribution is -2.41. The van der Waals surface area contributed by atoms with E-state index in [9.17, 15) is 8.42 Å². The molecule has 0 saturated heterocycles. The Kier molecular flexibility index (Phi) is 4.12. The molecular weight excluding hydrogens is 288 g/mol. The summed E-state index contributed by atoms with van der Waals surface area (Å²) in [6.07, 6.45) is 6.85. The van der Waals surface area contributed by atoms with E-state index in [0.717, 1.165) is 19.3 Å². The van der Waals surface area contributed by atoms with Gasteiger partial charge in [0.25, 0.3) is 10.0 Å². The molecule has 0 radical (unpaired) electrons. The first-order chi connectivity index (χ1) is 10.0. The Morgan fingerprint density at radius 1 is 1.33 bits per heavy atom. The molecular formula is C15H24N2O3S. The Morgan fingerprint density at radius 3 is 2.67 bits per heavy atom. The SMILES string of the molecule is CCC1(CNS(=O)(=O)c2ccc(CNC3CC3)o2)CCC1. The third-order valence-corrected chi connectivity index (χ3v) is 6.12. The van der Waals surface area contributed by atoms with Crippen molar-refractivity contribution in [2.45, 2.75) is 63.1 Å². The fourth-order valence-corrected chi connectivity index (χ4v) is 3.88. The van der Waals surface area contributed by atoms with Crippen LogP contribution in [0.1, 0.15) is 51.2 Å². The van der Waals surface area contributed by atoms with Gasteiger partial charge in [-0.05, 0) is 49.7 Å². The highest BCUT2D eigenvalue weighted by Gasteiger charge is 2.36. The molecule has 0 spiro atoms. The second kappa shape index (κ2) is 5.74. The molecule has 1 aromatic rings. The molecule has 0 atom stereocenters. The van der Waals surface area contributed by atoms with Gasteiger partial charge in [0.2, 0.25) is 5.09 Å². The summed E-state index contributed by atoms with van der Waals surface area (Å²) in [5.74, 6) is 0.677. The molecule has 0 aromatic carbocycles. The third-order valence-electron chi connectivity index (χ3n) is 4.85. The molecule has 0 aliphatic heterocycles. The molecule has 2 fully saturated rings. The lowest BCUT2D eigenvalue weighted by atomic mass is 9.67. The smallest absolute Gasteiger partial charge is 0.273 e. The number of hydrogen-bond acceptors (Lipinski definition) is 4. The summed E-state index contributed by atoms with van der Waals surface area (Å²) in [4.78, 5) is 0. The zero-order chi connectivity index (χ0) is 14.9. The fraction of sp³-hybridized carbons (Fsp3) is 0.733. The molecule has 21 heavy (non-hydrogen) atoms. The van der Waals surface area contributed by atoms with Crippen molar-refractivity contribution in [2.75, 3.05) is 6.54 Å². The van der Waals surface area contributed by atoms with Crippen LogP contribution in [0.25, 0.3) is 0 Å². The van der Waals surface area contributed by atoms with Crippen molar-refractivity contribution in [1.82, 2.24) is 10.0 Å². The Bertz CT molecular complexity index is 580. The van der Waals surface area contributed by atoms with Gasteiger partial charge in [0.15, 0.2) is 0 Å². The Hall–Kier alpha value is -0.850. The molecule has 0 unspecified atom stereocenters. The summed E-state index contributed by atoms with van der Waals surface area (Å²) in [6.45, 7) is 3.24. The molecule has 2 N–H and O–H groups in total. The number of nitrogens with one attached hydrogen (secondary N) is 2. The van der Waals surface area contributed by atoms with Crippen LogP contribution in [0.15, 0.2) is 21.6 Å². The monoisotopic (exact) mass is 312 g/mol. The molecule has 3 rings (SSSR count).